The molecule has 1 aromatic carbocycles. The summed E-state index contributed by atoms with van der Waals surface area (Å²) in [6, 6.07) is 5.55. The number of ether oxygens (including phenoxy) is 1. The van der Waals surface area contributed by atoms with Gasteiger partial charge in [-0.05, 0) is 37.1 Å². The van der Waals surface area contributed by atoms with Crippen LogP contribution in [0.3, 0.4) is 0 Å². The number of benzene rings is 1. The summed E-state index contributed by atoms with van der Waals surface area (Å²) in [6.45, 7) is 4.93. The van der Waals surface area contributed by atoms with Crippen molar-refractivity contribution in [3.8, 4) is 5.75 Å². The van der Waals surface area contributed by atoms with Crippen molar-refractivity contribution >= 4 is 5.84 Å². The van der Waals surface area contributed by atoms with Crippen LogP contribution < -0.4 is 10.5 Å². The van der Waals surface area contributed by atoms with Crippen molar-refractivity contribution in [2.75, 3.05) is 6.61 Å². The molecule has 0 bridgehead atoms. The van der Waals surface area contributed by atoms with Crippen molar-refractivity contribution in [2.24, 2.45) is 10.9 Å². The third-order valence-corrected chi connectivity index (χ3v) is 3.33. The Balaban J connectivity index is 2.34. The van der Waals surface area contributed by atoms with E-state index in [0.29, 0.717) is 5.56 Å². The third-order valence-electron chi connectivity index (χ3n) is 3.33. The lowest BCUT2D eigenvalue weighted by atomic mass is 10.1. The highest BCUT2D eigenvalue weighted by Gasteiger charge is 2.04. The molecule has 0 unspecified atom stereocenters. The molecule has 1 aromatic rings. The average Bonchev–Trinajstić information content (AvgIpc) is 2.46. The zero-order valence-electron chi connectivity index (χ0n) is 12.6. The van der Waals surface area contributed by atoms with Crippen LogP contribution >= 0.6 is 0 Å². The summed E-state index contributed by atoms with van der Waals surface area (Å²) in [7, 11) is 0. The van der Waals surface area contributed by atoms with Crippen molar-refractivity contribution in [3.63, 3.8) is 0 Å². The van der Waals surface area contributed by atoms with Gasteiger partial charge in [-0.2, -0.15) is 0 Å². The Morgan fingerprint density at radius 2 is 1.90 bits per heavy atom. The van der Waals surface area contributed by atoms with Crippen molar-refractivity contribution in [1.29, 1.82) is 0 Å². The minimum Gasteiger partial charge on any atom is -0.493 e. The zero-order valence-corrected chi connectivity index (χ0v) is 12.6. The van der Waals surface area contributed by atoms with E-state index in [9.17, 15) is 0 Å². The summed E-state index contributed by atoms with van der Waals surface area (Å²) in [5, 5.41) is 11.6. The van der Waals surface area contributed by atoms with Crippen LogP contribution in [0.4, 0.5) is 0 Å². The van der Waals surface area contributed by atoms with Crippen molar-refractivity contribution < 1.29 is 9.94 Å². The van der Waals surface area contributed by atoms with Crippen LogP contribution in [-0.2, 0) is 0 Å². The molecule has 3 N–H and O–H groups in total. The SMILES string of the molecule is CCCCCCCCOc1ccc(/C(N)=N/O)cc1C. The molecule has 0 amide bonds. The fraction of sp³-hybridized carbons (Fsp3) is 0.562. The summed E-state index contributed by atoms with van der Waals surface area (Å²) < 4.78 is 5.77. The van der Waals surface area contributed by atoms with E-state index in [0.717, 1.165) is 24.3 Å². The second-order valence-corrected chi connectivity index (χ2v) is 5.08. The summed E-state index contributed by atoms with van der Waals surface area (Å²) in [4.78, 5) is 0. The molecule has 0 aliphatic heterocycles. The minimum absolute atomic E-state index is 0.121. The Kier molecular flexibility index (Phi) is 7.55. The van der Waals surface area contributed by atoms with Crippen LogP contribution in [0.2, 0.25) is 0 Å². The van der Waals surface area contributed by atoms with Gasteiger partial charge in [0.15, 0.2) is 5.84 Å². The predicted octanol–water partition coefficient (Wildman–Crippen LogP) is 3.83. The number of hydrogen-bond donors (Lipinski definition) is 2. The lowest BCUT2D eigenvalue weighted by molar-refractivity contribution is 0.302. The van der Waals surface area contributed by atoms with E-state index in [2.05, 4.69) is 12.1 Å². The molecule has 0 heterocycles. The van der Waals surface area contributed by atoms with Gasteiger partial charge in [-0.25, -0.2) is 0 Å². The summed E-state index contributed by atoms with van der Waals surface area (Å²) >= 11 is 0. The van der Waals surface area contributed by atoms with E-state index in [4.69, 9.17) is 15.7 Å². The number of rotatable bonds is 9. The second-order valence-electron chi connectivity index (χ2n) is 5.08. The minimum atomic E-state index is 0.121. The van der Waals surface area contributed by atoms with Gasteiger partial charge in [-0.3, -0.25) is 0 Å². The maximum atomic E-state index is 8.64. The van der Waals surface area contributed by atoms with Crippen LogP contribution in [0.25, 0.3) is 0 Å². The Bertz CT molecular complexity index is 430. The number of unbranched alkanes of at least 4 members (excludes halogenated alkanes) is 5. The topological polar surface area (TPSA) is 67.8 Å². The van der Waals surface area contributed by atoms with Gasteiger partial charge in [-0.15, -0.1) is 0 Å². The summed E-state index contributed by atoms with van der Waals surface area (Å²) in [5.74, 6) is 0.989. The number of hydrogen-bond acceptors (Lipinski definition) is 3. The van der Waals surface area contributed by atoms with Gasteiger partial charge >= 0.3 is 0 Å². The number of nitrogens with zero attached hydrogens (tertiary/aromatic N) is 1. The number of amidine groups is 1. The maximum Gasteiger partial charge on any atom is 0.170 e. The monoisotopic (exact) mass is 278 g/mol. The zero-order chi connectivity index (χ0) is 14.8. The molecule has 0 radical (unpaired) electrons. The molecule has 0 aromatic heterocycles. The first-order chi connectivity index (χ1) is 9.69. The third kappa shape index (κ3) is 5.51. The normalized spacial score (nSPS) is 11.6. The van der Waals surface area contributed by atoms with Gasteiger partial charge in [0.1, 0.15) is 5.75 Å². The first-order valence-corrected chi connectivity index (χ1v) is 7.40. The number of nitrogens with two attached hydrogens (primary N) is 1. The van der Waals surface area contributed by atoms with Crippen LogP contribution in [0.15, 0.2) is 23.4 Å². The van der Waals surface area contributed by atoms with Gasteiger partial charge in [0.2, 0.25) is 0 Å². The molecule has 4 nitrogen and oxygen atoms in total. The van der Waals surface area contributed by atoms with Crippen LogP contribution in [0, 0.1) is 6.92 Å². The molecule has 0 saturated heterocycles. The largest absolute Gasteiger partial charge is 0.493 e. The van der Waals surface area contributed by atoms with Crippen molar-refractivity contribution in [3.05, 3.63) is 29.3 Å². The quantitative estimate of drug-likeness (QED) is 0.237. The first kappa shape index (κ1) is 16.3. The van der Waals surface area contributed by atoms with E-state index in [1.165, 1.54) is 32.1 Å². The first-order valence-electron chi connectivity index (χ1n) is 7.40. The smallest absolute Gasteiger partial charge is 0.170 e. The molecule has 0 spiro atoms. The Morgan fingerprint density at radius 3 is 2.55 bits per heavy atom. The molecular weight excluding hydrogens is 252 g/mol. The molecule has 0 aliphatic rings. The van der Waals surface area contributed by atoms with E-state index in [1.54, 1.807) is 6.07 Å². The molecule has 20 heavy (non-hydrogen) atoms. The molecule has 0 atom stereocenters. The van der Waals surface area contributed by atoms with Gasteiger partial charge in [0, 0.05) is 5.56 Å². The van der Waals surface area contributed by atoms with Gasteiger partial charge in [0.25, 0.3) is 0 Å². The predicted molar refractivity (Wildman–Crippen MR) is 82.6 cm³/mol. The molecular formula is C16H26N2O2. The molecule has 0 fully saturated rings. The molecule has 0 aliphatic carbocycles. The van der Waals surface area contributed by atoms with E-state index >= 15 is 0 Å². The Hall–Kier alpha value is -1.71. The highest BCUT2D eigenvalue weighted by molar-refractivity contribution is 5.97. The molecule has 0 saturated carbocycles. The molecule has 112 valence electrons. The van der Waals surface area contributed by atoms with E-state index in [-0.39, 0.29) is 5.84 Å². The fourth-order valence-electron chi connectivity index (χ4n) is 2.09. The van der Waals surface area contributed by atoms with Crippen LogP contribution in [-0.4, -0.2) is 17.6 Å². The van der Waals surface area contributed by atoms with Gasteiger partial charge < -0.3 is 15.7 Å². The van der Waals surface area contributed by atoms with E-state index < -0.39 is 0 Å². The van der Waals surface area contributed by atoms with Gasteiger partial charge in [0.05, 0.1) is 6.61 Å². The standard InChI is InChI=1S/C16H26N2O2/c1-3-4-5-6-7-8-11-20-15-10-9-14(12-13(15)2)16(17)18-19/h9-10,12,19H,3-8,11H2,1-2H3,(H2,17,18). The fourth-order valence-corrected chi connectivity index (χ4v) is 2.09. The second kappa shape index (κ2) is 9.23. The van der Waals surface area contributed by atoms with Gasteiger partial charge in [-0.1, -0.05) is 44.2 Å². The summed E-state index contributed by atoms with van der Waals surface area (Å²) in [5.41, 5.74) is 7.26. The lowest BCUT2D eigenvalue weighted by Gasteiger charge is -2.10. The average molecular weight is 278 g/mol. The molecule has 4 heteroatoms. The van der Waals surface area contributed by atoms with Crippen LogP contribution in [0.5, 0.6) is 5.75 Å². The maximum absolute atomic E-state index is 8.64. The van der Waals surface area contributed by atoms with Crippen molar-refractivity contribution in [1.82, 2.24) is 0 Å². The van der Waals surface area contributed by atoms with Crippen LogP contribution in [0.1, 0.15) is 56.6 Å². The highest BCUT2D eigenvalue weighted by atomic mass is 16.5. The lowest BCUT2D eigenvalue weighted by Crippen LogP contribution is -2.13. The number of aryl methyl sites for hydroxylation is 1. The molecule has 1 rings (SSSR count). The van der Waals surface area contributed by atoms with E-state index in [1.807, 2.05) is 19.1 Å². The highest BCUT2D eigenvalue weighted by Crippen LogP contribution is 2.19. The summed E-state index contributed by atoms with van der Waals surface area (Å²) in [6.07, 6.45) is 7.53. The number of oxime groups is 1. The Morgan fingerprint density at radius 1 is 1.20 bits per heavy atom. The van der Waals surface area contributed by atoms with Crippen molar-refractivity contribution in [2.45, 2.75) is 52.4 Å². The Labute approximate surface area is 121 Å².